The second kappa shape index (κ2) is 5.35. The third-order valence-corrected chi connectivity index (χ3v) is 1.53. The van der Waals surface area contributed by atoms with Gasteiger partial charge in [0.25, 0.3) is 0 Å². The maximum absolute atomic E-state index is 8.75. The molecular weight excluding hydrogens is 185 g/mol. The van der Waals surface area contributed by atoms with Crippen LogP contribution in [0.4, 0.5) is 0 Å². The number of pyridine rings is 1. The lowest BCUT2D eigenvalue weighted by molar-refractivity contribution is 0.280. The van der Waals surface area contributed by atoms with E-state index in [-0.39, 0.29) is 19.0 Å². The Balaban J connectivity index is 0.000001000. The van der Waals surface area contributed by atoms with Gasteiger partial charge in [0.15, 0.2) is 0 Å². The Morgan fingerprint density at radius 3 is 2.73 bits per heavy atom. The minimum absolute atomic E-state index is 0. The number of hydrogen-bond acceptors (Lipinski definition) is 2. The molecular formula is C7H9Cl2NO. The molecule has 0 aliphatic heterocycles. The molecule has 0 saturated carbocycles. The van der Waals surface area contributed by atoms with Gasteiger partial charge in [-0.1, -0.05) is 6.07 Å². The lowest BCUT2D eigenvalue weighted by Gasteiger charge is -1.99. The largest absolute Gasteiger partial charge is 0.392 e. The molecule has 0 spiro atoms. The van der Waals surface area contributed by atoms with Gasteiger partial charge in [-0.25, -0.2) is 0 Å². The van der Waals surface area contributed by atoms with E-state index >= 15 is 0 Å². The minimum atomic E-state index is 0. The molecule has 1 rings (SSSR count). The number of aliphatic hydroxyl groups excluding tert-OH is 1. The van der Waals surface area contributed by atoms with Crippen molar-refractivity contribution < 1.29 is 5.11 Å². The zero-order valence-electron chi connectivity index (χ0n) is 5.83. The Hall–Kier alpha value is -0.310. The highest BCUT2D eigenvalue weighted by atomic mass is 35.5. The quantitative estimate of drug-likeness (QED) is 0.727. The highest BCUT2D eigenvalue weighted by molar-refractivity contribution is 6.16. The molecule has 0 bridgehead atoms. The van der Waals surface area contributed by atoms with Crippen LogP contribution in [0, 0.1) is 0 Å². The van der Waals surface area contributed by atoms with Crippen LogP contribution >= 0.6 is 24.0 Å². The maximum atomic E-state index is 8.75. The summed E-state index contributed by atoms with van der Waals surface area (Å²) in [4.78, 5) is 3.98. The molecule has 0 aliphatic rings. The van der Waals surface area contributed by atoms with Gasteiger partial charge >= 0.3 is 0 Å². The first kappa shape index (κ1) is 10.7. The van der Waals surface area contributed by atoms with Gasteiger partial charge in [-0.2, -0.15) is 0 Å². The van der Waals surface area contributed by atoms with Crippen LogP contribution in [0.25, 0.3) is 0 Å². The van der Waals surface area contributed by atoms with Crippen molar-refractivity contribution >= 4 is 24.0 Å². The van der Waals surface area contributed by atoms with E-state index in [2.05, 4.69) is 4.98 Å². The third kappa shape index (κ3) is 2.66. The molecule has 0 aliphatic carbocycles. The number of aromatic nitrogens is 1. The van der Waals surface area contributed by atoms with Crippen LogP contribution in [-0.2, 0) is 12.5 Å². The molecule has 0 fully saturated rings. The number of halogens is 2. The first-order valence-electron chi connectivity index (χ1n) is 2.98. The van der Waals surface area contributed by atoms with Crippen molar-refractivity contribution in [2.24, 2.45) is 0 Å². The third-order valence-electron chi connectivity index (χ3n) is 1.28. The van der Waals surface area contributed by atoms with Crippen molar-refractivity contribution in [1.82, 2.24) is 4.98 Å². The maximum Gasteiger partial charge on any atom is 0.0700 e. The average Bonchev–Trinajstić information content (AvgIpc) is 2.04. The lowest BCUT2D eigenvalue weighted by atomic mass is 10.2. The zero-order valence-corrected chi connectivity index (χ0v) is 7.40. The van der Waals surface area contributed by atoms with Gasteiger partial charge in [0.2, 0.25) is 0 Å². The summed E-state index contributed by atoms with van der Waals surface area (Å²) in [6.45, 7) is 0.00981. The lowest BCUT2D eigenvalue weighted by Crippen LogP contribution is -1.93. The normalized spacial score (nSPS) is 8.91. The van der Waals surface area contributed by atoms with E-state index in [0.717, 1.165) is 11.3 Å². The molecule has 0 unspecified atom stereocenters. The standard InChI is InChI=1S/C7H8ClNO.ClH/c8-4-7-6(5-10)2-1-3-9-7;/h1-3,10H,4-5H2;1H. The van der Waals surface area contributed by atoms with E-state index in [0.29, 0.717) is 5.88 Å². The first-order valence-corrected chi connectivity index (χ1v) is 3.51. The van der Waals surface area contributed by atoms with Gasteiger partial charge in [-0.3, -0.25) is 4.98 Å². The number of rotatable bonds is 2. The molecule has 4 heteroatoms. The van der Waals surface area contributed by atoms with Crippen LogP contribution in [-0.4, -0.2) is 10.1 Å². The number of nitrogens with zero attached hydrogens (tertiary/aromatic N) is 1. The molecule has 0 saturated heterocycles. The minimum Gasteiger partial charge on any atom is -0.392 e. The first-order chi connectivity index (χ1) is 4.88. The van der Waals surface area contributed by atoms with E-state index in [1.165, 1.54) is 0 Å². The van der Waals surface area contributed by atoms with Gasteiger partial charge < -0.3 is 5.11 Å². The fraction of sp³-hybridized carbons (Fsp3) is 0.286. The summed E-state index contributed by atoms with van der Waals surface area (Å²) in [7, 11) is 0. The number of alkyl halides is 1. The molecule has 62 valence electrons. The second-order valence-corrected chi connectivity index (χ2v) is 2.17. The van der Waals surface area contributed by atoms with E-state index < -0.39 is 0 Å². The van der Waals surface area contributed by atoms with E-state index in [1.54, 1.807) is 12.3 Å². The molecule has 0 amide bonds. The van der Waals surface area contributed by atoms with Crippen LogP contribution in [0.3, 0.4) is 0 Å². The molecule has 2 nitrogen and oxygen atoms in total. The Labute approximate surface area is 76.6 Å². The summed E-state index contributed by atoms with van der Waals surface area (Å²) in [5, 5.41) is 8.75. The van der Waals surface area contributed by atoms with Gasteiger partial charge in [-0.15, -0.1) is 24.0 Å². The second-order valence-electron chi connectivity index (χ2n) is 1.90. The predicted molar refractivity (Wildman–Crippen MR) is 47.0 cm³/mol. The van der Waals surface area contributed by atoms with Crippen LogP contribution in [0.2, 0.25) is 0 Å². The van der Waals surface area contributed by atoms with Crippen LogP contribution in [0.1, 0.15) is 11.3 Å². The van der Waals surface area contributed by atoms with E-state index in [4.69, 9.17) is 16.7 Å². The Morgan fingerprint density at radius 1 is 1.55 bits per heavy atom. The van der Waals surface area contributed by atoms with Crippen molar-refractivity contribution in [3.63, 3.8) is 0 Å². The smallest absolute Gasteiger partial charge is 0.0700 e. The SMILES string of the molecule is Cl.OCc1cccnc1CCl. The molecule has 0 atom stereocenters. The average molecular weight is 194 g/mol. The highest BCUT2D eigenvalue weighted by Crippen LogP contribution is 2.06. The fourth-order valence-electron chi connectivity index (χ4n) is 0.736. The Morgan fingerprint density at radius 2 is 2.27 bits per heavy atom. The van der Waals surface area contributed by atoms with Crippen LogP contribution in [0.15, 0.2) is 18.3 Å². The van der Waals surface area contributed by atoms with Crippen molar-refractivity contribution in [3.8, 4) is 0 Å². The van der Waals surface area contributed by atoms with Gasteiger partial charge in [-0.05, 0) is 6.07 Å². The highest BCUT2D eigenvalue weighted by Gasteiger charge is 1.97. The number of hydrogen-bond donors (Lipinski definition) is 1. The Kier molecular flexibility index (Phi) is 5.20. The monoisotopic (exact) mass is 193 g/mol. The van der Waals surface area contributed by atoms with Gasteiger partial charge in [0.05, 0.1) is 18.2 Å². The van der Waals surface area contributed by atoms with Crippen LogP contribution in [0.5, 0.6) is 0 Å². The summed E-state index contributed by atoms with van der Waals surface area (Å²) in [5.41, 5.74) is 1.56. The summed E-state index contributed by atoms with van der Waals surface area (Å²) < 4.78 is 0. The molecule has 0 aromatic carbocycles. The summed E-state index contributed by atoms with van der Waals surface area (Å²) in [6, 6.07) is 3.59. The van der Waals surface area contributed by atoms with Crippen molar-refractivity contribution in [2.45, 2.75) is 12.5 Å². The molecule has 1 aromatic heterocycles. The summed E-state index contributed by atoms with van der Waals surface area (Å²) in [6.07, 6.45) is 1.66. The predicted octanol–water partition coefficient (Wildman–Crippen LogP) is 1.73. The fourth-order valence-corrected chi connectivity index (χ4v) is 0.976. The van der Waals surface area contributed by atoms with E-state index in [9.17, 15) is 0 Å². The van der Waals surface area contributed by atoms with Crippen molar-refractivity contribution in [2.75, 3.05) is 0 Å². The van der Waals surface area contributed by atoms with Gasteiger partial charge in [0.1, 0.15) is 0 Å². The van der Waals surface area contributed by atoms with Crippen molar-refractivity contribution in [1.29, 1.82) is 0 Å². The number of aliphatic hydroxyl groups is 1. The molecule has 1 N–H and O–H groups in total. The topological polar surface area (TPSA) is 33.1 Å². The molecule has 0 radical (unpaired) electrons. The van der Waals surface area contributed by atoms with Crippen molar-refractivity contribution in [3.05, 3.63) is 29.6 Å². The van der Waals surface area contributed by atoms with E-state index in [1.807, 2.05) is 6.07 Å². The van der Waals surface area contributed by atoms with Crippen LogP contribution < -0.4 is 0 Å². The Bertz CT molecular complexity index is 194. The molecule has 1 heterocycles. The summed E-state index contributed by atoms with van der Waals surface area (Å²) in [5.74, 6) is 0.358. The summed E-state index contributed by atoms with van der Waals surface area (Å²) >= 11 is 5.54. The zero-order chi connectivity index (χ0) is 7.40. The molecule has 11 heavy (non-hydrogen) atoms. The molecule has 1 aromatic rings. The van der Waals surface area contributed by atoms with Gasteiger partial charge in [0, 0.05) is 11.8 Å².